The molecular weight excluding hydrogens is 278 g/mol. The highest BCUT2D eigenvalue weighted by molar-refractivity contribution is 5.87. The quantitative estimate of drug-likeness (QED) is 0.571. The van der Waals surface area contributed by atoms with Gasteiger partial charge >= 0.3 is 12.1 Å². The Morgan fingerprint density at radius 3 is 2.57 bits per heavy atom. The van der Waals surface area contributed by atoms with E-state index in [0.717, 1.165) is 12.8 Å². The van der Waals surface area contributed by atoms with E-state index in [0.29, 0.717) is 26.1 Å². The first-order valence-electron chi connectivity index (χ1n) is 7.23. The fourth-order valence-electron chi connectivity index (χ4n) is 2.38. The Morgan fingerprint density at radius 1 is 1.29 bits per heavy atom. The highest BCUT2D eigenvalue weighted by Crippen LogP contribution is 2.20. The molecule has 0 N–H and O–H groups in total. The highest BCUT2D eigenvalue weighted by Gasteiger charge is 2.32. The molecule has 0 aromatic rings. The maximum atomic E-state index is 12.0. The first kappa shape index (κ1) is 15.8. The molecule has 2 fully saturated rings. The van der Waals surface area contributed by atoms with Crippen LogP contribution in [0, 0.1) is 5.92 Å². The molecule has 1 amide bonds. The van der Waals surface area contributed by atoms with Crippen molar-refractivity contribution in [2.45, 2.75) is 44.9 Å². The molecule has 2 unspecified atom stereocenters. The van der Waals surface area contributed by atoms with E-state index in [-0.39, 0.29) is 11.7 Å². The van der Waals surface area contributed by atoms with Crippen LogP contribution in [-0.2, 0) is 23.8 Å². The Balaban J connectivity index is 1.79. The van der Waals surface area contributed by atoms with Gasteiger partial charge in [0.1, 0.15) is 5.92 Å². The summed E-state index contributed by atoms with van der Waals surface area (Å²) < 4.78 is 15.0. The number of rotatable bonds is 4. The van der Waals surface area contributed by atoms with Crippen molar-refractivity contribution < 1.29 is 28.6 Å². The molecule has 7 heteroatoms. The van der Waals surface area contributed by atoms with Gasteiger partial charge in [0, 0.05) is 20.4 Å². The lowest BCUT2D eigenvalue weighted by atomic mass is 9.93. The molecule has 1 saturated carbocycles. The fourth-order valence-corrected chi connectivity index (χ4v) is 2.38. The Kier molecular flexibility index (Phi) is 5.17. The number of likely N-dealkylation sites (N-methyl/N-ethyl adjacent to an activating group) is 1. The summed E-state index contributed by atoms with van der Waals surface area (Å²) in [6, 6.07) is -0.436. The van der Waals surface area contributed by atoms with Gasteiger partial charge in [-0.05, 0) is 12.8 Å². The molecule has 0 aromatic carbocycles. The molecule has 2 aliphatic rings. The lowest BCUT2D eigenvalue weighted by Crippen LogP contribution is -2.45. The molecule has 7 nitrogen and oxygen atoms in total. The van der Waals surface area contributed by atoms with Crippen LogP contribution in [-0.4, -0.2) is 55.3 Å². The number of carbonyl (C=O) groups is 3. The number of hydrogen-bond acceptors (Lipinski definition) is 6. The molecule has 0 radical (unpaired) electrons. The van der Waals surface area contributed by atoms with Crippen molar-refractivity contribution in [3.8, 4) is 0 Å². The second-order valence-corrected chi connectivity index (χ2v) is 5.46. The predicted octanol–water partition coefficient (Wildman–Crippen LogP) is 1.10. The minimum Gasteiger partial charge on any atom is -0.425 e. The van der Waals surface area contributed by atoms with Crippen LogP contribution >= 0.6 is 0 Å². The van der Waals surface area contributed by atoms with Crippen LogP contribution in [0.5, 0.6) is 0 Å². The van der Waals surface area contributed by atoms with E-state index in [2.05, 4.69) is 0 Å². The van der Waals surface area contributed by atoms with Crippen molar-refractivity contribution in [2.75, 3.05) is 20.3 Å². The number of esters is 1. The van der Waals surface area contributed by atoms with E-state index in [1.54, 1.807) is 0 Å². The number of nitrogens with zero attached hydrogens (tertiary/aromatic N) is 1. The third-order valence-corrected chi connectivity index (χ3v) is 3.80. The molecule has 2 rings (SSSR count). The van der Waals surface area contributed by atoms with Gasteiger partial charge in [-0.1, -0.05) is 6.42 Å². The summed E-state index contributed by atoms with van der Waals surface area (Å²) >= 11 is 0. The Labute approximate surface area is 123 Å². The lowest BCUT2D eigenvalue weighted by molar-refractivity contribution is -0.184. The Morgan fingerprint density at radius 2 is 2.00 bits per heavy atom. The number of carbonyl (C=O) groups excluding carboxylic acids is 3. The molecule has 0 spiro atoms. The van der Waals surface area contributed by atoms with Gasteiger partial charge in [0.25, 0.3) is 0 Å². The second kappa shape index (κ2) is 6.89. The molecule has 1 saturated heterocycles. The van der Waals surface area contributed by atoms with E-state index in [1.807, 2.05) is 0 Å². The first-order chi connectivity index (χ1) is 9.99. The zero-order valence-corrected chi connectivity index (χ0v) is 12.4. The van der Waals surface area contributed by atoms with Crippen LogP contribution in [0.3, 0.4) is 0 Å². The highest BCUT2D eigenvalue weighted by atomic mass is 16.7. The summed E-state index contributed by atoms with van der Waals surface area (Å²) in [4.78, 5) is 36.6. The minimum absolute atomic E-state index is 0.0527. The molecular formula is C14H21NO6. The molecule has 118 valence electrons. The summed E-state index contributed by atoms with van der Waals surface area (Å²) in [6.07, 6.45) is 1.30. The van der Waals surface area contributed by atoms with E-state index >= 15 is 0 Å². The summed E-state index contributed by atoms with van der Waals surface area (Å²) in [5.74, 6) is -0.654. The molecule has 1 heterocycles. The zero-order valence-electron chi connectivity index (χ0n) is 12.4. The third-order valence-electron chi connectivity index (χ3n) is 3.80. The van der Waals surface area contributed by atoms with Crippen molar-refractivity contribution in [3.05, 3.63) is 0 Å². The van der Waals surface area contributed by atoms with Gasteiger partial charge in [0.15, 0.2) is 5.78 Å². The van der Waals surface area contributed by atoms with E-state index in [1.165, 1.54) is 18.9 Å². The normalized spacial score (nSPS) is 23.9. The molecule has 0 bridgehead atoms. The molecule has 21 heavy (non-hydrogen) atoms. The topological polar surface area (TPSA) is 82.1 Å². The molecule has 1 aliphatic heterocycles. The standard InChI is InChI=1S/C14H21NO6/c1-9(20-13(17)10-7-19-8-10)21-14(18)15(2)11-5-3-4-6-12(11)16/h9-11H,3-8H2,1-2H3. The van der Waals surface area contributed by atoms with Crippen molar-refractivity contribution in [1.29, 1.82) is 0 Å². The number of ketones is 1. The number of Topliss-reactive ketones (excluding diaryl/α,β-unsaturated/α-hetero) is 1. The van der Waals surface area contributed by atoms with Gasteiger partial charge in [-0.15, -0.1) is 0 Å². The third kappa shape index (κ3) is 3.93. The maximum absolute atomic E-state index is 12.0. The monoisotopic (exact) mass is 299 g/mol. The van der Waals surface area contributed by atoms with Gasteiger partial charge in [-0.25, -0.2) is 4.79 Å². The van der Waals surface area contributed by atoms with Gasteiger partial charge in [-0.2, -0.15) is 0 Å². The maximum Gasteiger partial charge on any atom is 0.413 e. The van der Waals surface area contributed by atoms with Gasteiger partial charge < -0.3 is 19.1 Å². The van der Waals surface area contributed by atoms with Crippen molar-refractivity contribution in [2.24, 2.45) is 5.92 Å². The Hall–Kier alpha value is -1.63. The minimum atomic E-state index is -0.980. The number of ether oxygens (including phenoxy) is 3. The van der Waals surface area contributed by atoms with Gasteiger partial charge in [0.2, 0.25) is 6.29 Å². The molecule has 1 aliphatic carbocycles. The number of amides is 1. The lowest BCUT2D eigenvalue weighted by Gasteiger charge is -2.30. The van der Waals surface area contributed by atoms with Crippen molar-refractivity contribution in [3.63, 3.8) is 0 Å². The van der Waals surface area contributed by atoms with Crippen LogP contribution in [0.25, 0.3) is 0 Å². The number of hydrogen-bond donors (Lipinski definition) is 0. The first-order valence-corrected chi connectivity index (χ1v) is 7.23. The van der Waals surface area contributed by atoms with Crippen LogP contribution in [0.2, 0.25) is 0 Å². The molecule has 0 aromatic heterocycles. The second-order valence-electron chi connectivity index (χ2n) is 5.46. The van der Waals surface area contributed by atoms with E-state index in [4.69, 9.17) is 14.2 Å². The summed E-state index contributed by atoms with van der Waals surface area (Å²) in [6.45, 7) is 2.16. The van der Waals surface area contributed by atoms with Crippen molar-refractivity contribution >= 4 is 17.8 Å². The largest absolute Gasteiger partial charge is 0.425 e. The smallest absolute Gasteiger partial charge is 0.413 e. The SMILES string of the molecule is CC(OC(=O)C1COC1)OC(=O)N(C)C1CCCCC1=O. The molecule has 2 atom stereocenters. The van der Waals surface area contributed by atoms with Crippen LogP contribution < -0.4 is 0 Å². The zero-order chi connectivity index (χ0) is 15.4. The van der Waals surface area contributed by atoms with Crippen LogP contribution in [0.4, 0.5) is 4.79 Å². The summed E-state index contributed by atoms with van der Waals surface area (Å²) in [7, 11) is 1.53. The Bertz CT molecular complexity index is 420. The summed E-state index contributed by atoms with van der Waals surface area (Å²) in [5.41, 5.74) is 0. The summed E-state index contributed by atoms with van der Waals surface area (Å²) in [5, 5.41) is 0. The average molecular weight is 299 g/mol. The van der Waals surface area contributed by atoms with E-state index < -0.39 is 24.4 Å². The van der Waals surface area contributed by atoms with Gasteiger partial charge in [0.05, 0.1) is 19.3 Å². The predicted molar refractivity (Wildman–Crippen MR) is 71.4 cm³/mol. The van der Waals surface area contributed by atoms with E-state index in [9.17, 15) is 14.4 Å². The van der Waals surface area contributed by atoms with Crippen LogP contribution in [0.15, 0.2) is 0 Å². The average Bonchev–Trinajstić information content (AvgIpc) is 2.35. The van der Waals surface area contributed by atoms with Crippen molar-refractivity contribution in [1.82, 2.24) is 4.90 Å². The van der Waals surface area contributed by atoms with Crippen LogP contribution in [0.1, 0.15) is 32.6 Å². The van der Waals surface area contributed by atoms with Gasteiger partial charge in [-0.3, -0.25) is 9.59 Å². The fraction of sp³-hybridized carbons (Fsp3) is 0.786.